The average Bonchev–Trinajstić information content (AvgIpc) is 2.36. The van der Waals surface area contributed by atoms with Crippen molar-refractivity contribution in [3.8, 4) is 0 Å². The van der Waals surface area contributed by atoms with Gasteiger partial charge < -0.3 is 10.6 Å². The fourth-order valence-electron chi connectivity index (χ4n) is 2.39. The lowest BCUT2D eigenvalue weighted by Crippen LogP contribution is -2.42. The molecule has 0 aliphatic carbocycles. The Labute approximate surface area is 108 Å². The topological polar surface area (TPSA) is 54.0 Å². The Morgan fingerprint density at radius 2 is 2.39 bits per heavy atom. The largest absolute Gasteiger partial charge is 0.350 e. The number of carbonyl (C=O) groups is 1. The summed E-state index contributed by atoms with van der Waals surface area (Å²) >= 11 is 0. The molecule has 0 saturated carbocycles. The second kappa shape index (κ2) is 5.96. The third-order valence-corrected chi connectivity index (χ3v) is 3.38. The van der Waals surface area contributed by atoms with Crippen molar-refractivity contribution in [3.63, 3.8) is 0 Å². The van der Waals surface area contributed by atoms with E-state index in [-0.39, 0.29) is 11.8 Å². The smallest absolute Gasteiger partial charge is 0.223 e. The van der Waals surface area contributed by atoms with Crippen molar-refractivity contribution in [2.45, 2.75) is 39.3 Å². The van der Waals surface area contributed by atoms with Gasteiger partial charge in [0.2, 0.25) is 5.91 Å². The number of piperidine rings is 1. The van der Waals surface area contributed by atoms with Crippen LogP contribution in [0.5, 0.6) is 0 Å². The van der Waals surface area contributed by atoms with E-state index in [1.54, 1.807) is 0 Å². The number of hydrogen-bond donors (Lipinski definition) is 2. The molecule has 0 spiro atoms. The van der Waals surface area contributed by atoms with Gasteiger partial charge in [0.15, 0.2) is 0 Å². The lowest BCUT2D eigenvalue weighted by molar-refractivity contribution is -0.126. The minimum Gasteiger partial charge on any atom is -0.350 e. The molecule has 98 valence electrons. The third kappa shape index (κ3) is 3.53. The quantitative estimate of drug-likeness (QED) is 0.849. The molecule has 2 atom stereocenters. The summed E-state index contributed by atoms with van der Waals surface area (Å²) in [6, 6.07) is 6.31. The molecule has 1 fully saturated rings. The van der Waals surface area contributed by atoms with E-state index in [0.717, 1.165) is 30.8 Å². The van der Waals surface area contributed by atoms with Gasteiger partial charge in [-0.05, 0) is 45.4 Å². The van der Waals surface area contributed by atoms with Crippen LogP contribution < -0.4 is 10.6 Å². The second-order valence-corrected chi connectivity index (χ2v) is 5.06. The molecule has 18 heavy (non-hydrogen) atoms. The number of hydrogen-bond acceptors (Lipinski definition) is 3. The first kappa shape index (κ1) is 13.0. The number of aryl methyl sites for hydroxylation is 1. The van der Waals surface area contributed by atoms with Crippen molar-refractivity contribution >= 4 is 5.91 Å². The summed E-state index contributed by atoms with van der Waals surface area (Å²) in [7, 11) is 0. The number of nitrogens with one attached hydrogen (secondary N) is 2. The molecule has 2 rings (SSSR count). The number of nitrogens with zero attached hydrogens (tertiary/aromatic N) is 1. The highest BCUT2D eigenvalue weighted by molar-refractivity contribution is 5.78. The van der Waals surface area contributed by atoms with Gasteiger partial charge in [0.1, 0.15) is 0 Å². The molecule has 4 heteroatoms. The Hall–Kier alpha value is -1.42. The third-order valence-electron chi connectivity index (χ3n) is 3.38. The lowest BCUT2D eigenvalue weighted by atomic mass is 9.92. The maximum absolute atomic E-state index is 12.0. The number of rotatable bonds is 3. The highest BCUT2D eigenvalue weighted by Crippen LogP contribution is 2.16. The van der Waals surface area contributed by atoms with E-state index in [1.165, 1.54) is 0 Å². The van der Waals surface area contributed by atoms with Crippen molar-refractivity contribution in [1.82, 2.24) is 15.6 Å². The van der Waals surface area contributed by atoms with Crippen LogP contribution in [0.3, 0.4) is 0 Å². The molecule has 1 aromatic rings. The first-order valence-electron chi connectivity index (χ1n) is 6.59. The zero-order valence-electron chi connectivity index (χ0n) is 11.1. The molecule has 2 unspecified atom stereocenters. The van der Waals surface area contributed by atoms with Crippen molar-refractivity contribution < 1.29 is 4.79 Å². The molecular weight excluding hydrogens is 226 g/mol. The monoisotopic (exact) mass is 247 g/mol. The van der Waals surface area contributed by atoms with Crippen LogP contribution in [0.25, 0.3) is 0 Å². The predicted octanol–water partition coefficient (Wildman–Crippen LogP) is 1.39. The number of aromatic nitrogens is 1. The summed E-state index contributed by atoms with van der Waals surface area (Å²) in [6.45, 7) is 5.54. The molecule has 1 aromatic heterocycles. The van der Waals surface area contributed by atoms with E-state index in [9.17, 15) is 4.79 Å². The zero-order chi connectivity index (χ0) is 13.0. The van der Waals surface area contributed by atoms with Gasteiger partial charge in [-0.1, -0.05) is 6.07 Å². The molecule has 2 heterocycles. The molecule has 1 aliphatic heterocycles. The van der Waals surface area contributed by atoms with Crippen LogP contribution in [0.1, 0.15) is 31.2 Å². The lowest BCUT2D eigenvalue weighted by Gasteiger charge is -2.27. The summed E-state index contributed by atoms with van der Waals surface area (Å²) in [5.41, 5.74) is 1.91. The zero-order valence-corrected chi connectivity index (χ0v) is 11.1. The minimum absolute atomic E-state index is 0.144. The van der Waals surface area contributed by atoms with Gasteiger partial charge in [0.05, 0.1) is 12.2 Å². The summed E-state index contributed by atoms with van der Waals surface area (Å²) in [5, 5.41) is 6.34. The fourth-order valence-corrected chi connectivity index (χ4v) is 2.39. The van der Waals surface area contributed by atoms with E-state index in [2.05, 4.69) is 22.5 Å². The van der Waals surface area contributed by atoms with E-state index < -0.39 is 0 Å². The van der Waals surface area contributed by atoms with E-state index in [4.69, 9.17) is 0 Å². The van der Waals surface area contributed by atoms with Gasteiger partial charge in [-0.2, -0.15) is 0 Å². The summed E-state index contributed by atoms with van der Waals surface area (Å²) in [6.07, 6.45) is 1.85. The summed E-state index contributed by atoms with van der Waals surface area (Å²) in [4.78, 5) is 16.4. The van der Waals surface area contributed by atoms with Crippen LogP contribution in [0.2, 0.25) is 0 Å². The standard InChI is InChI=1S/C14H21N3O/c1-10-4-3-5-13(17-10)9-16-14(18)12-6-7-15-11(2)8-12/h3-5,11-12,15H,6-9H2,1-2H3,(H,16,18). The van der Waals surface area contributed by atoms with Crippen LogP contribution >= 0.6 is 0 Å². The second-order valence-electron chi connectivity index (χ2n) is 5.06. The predicted molar refractivity (Wildman–Crippen MR) is 71.0 cm³/mol. The van der Waals surface area contributed by atoms with Crippen LogP contribution in [0, 0.1) is 12.8 Å². The molecule has 2 N–H and O–H groups in total. The highest BCUT2D eigenvalue weighted by atomic mass is 16.1. The molecule has 0 bridgehead atoms. The van der Waals surface area contributed by atoms with Crippen LogP contribution in [-0.4, -0.2) is 23.5 Å². The van der Waals surface area contributed by atoms with Gasteiger partial charge in [-0.25, -0.2) is 0 Å². The first-order chi connectivity index (χ1) is 8.65. The SMILES string of the molecule is Cc1cccc(CNC(=O)C2CCNC(C)C2)n1. The maximum Gasteiger partial charge on any atom is 0.223 e. The molecule has 4 nitrogen and oxygen atoms in total. The molecule has 0 aromatic carbocycles. The molecule has 1 amide bonds. The van der Waals surface area contributed by atoms with Gasteiger partial charge in [-0.3, -0.25) is 9.78 Å². The average molecular weight is 247 g/mol. The Balaban J connectivity index is 1.84. The highest BCUT2D eigenvalue weighted by Gasteiger charge is 2.24. The van der Waals surface area contributed by atoms with Crippen molar-refractivity contribution in [2.75, 3.05) is 6.54 Å². The van der Waals surface area contributed by atoms with E-state index in [0.29, 0.717) is 12.6 Å². The van der Waals surface area contributed by atoms with Crippen LogP contribution in [0.4, 0.5) is 0 Å². The van der Waals surface area contributed by atoms with Crippen molar-refractivity contribution in [3.05, 3.63) is 29.6 Å². The number of carbonyl (C=O) groups excluding carboxylic acids is 1. The van der Waals surface area contributed by atoms with E-state index >= 15 is 0 Å². The van der Waals surface area contributed by atoms with Crippen LogP contribution in [-0.2, 0) is 11.3 Å². The molecule has 1 aliphatic rings. The van der Waals surface area contributed by atoms with Gasteiger partial charge in [0, 0.05) is 17.7 Å². The summed E-state index contributed by atoms with van der Waals surface area (Å²) < 4.78 is 0. The Morgan fingerprint density at radius 1 is 1.56 bits per heavy atom. The Morgan fingerprint density at radius 3 is 3.11 bits per heavy atom. The Bertz CT molecular complexity index is 419. The molecule has 0 radical (unpaired) electrons. The van der Waals surface area contributed by atoms with Crippen molar-refractivity contribution in [2.24, 2.45) is 5.92 Å². The normalized spacial score (nSPS) is 23.7. The molecule has 1 saturated heterocycles. The minimum atomic E-state index is 0.144. The fraction of sp³-hybridized carbons (Fsp3) is 0.571. The summed E-state index contributed by atoms with van der Waals surface area (Å²) in [5.74, 6) is 0.303. The number of amides is 1. The van der Waals surface area contributed by atoms with Crippen LogP contribution in [0.15, 0.2) is 18.2 Å². The van der Waals surface area contributed by atoms with Crippen molar-refractivity contribution in [1.29, 1.82) is 0 Å². The number of pyridine rings is 1. The van der Waals surface area contributed by atoms with E-state index in [1.807, 2.05) is 25.1 Å². The first-order valence-corrected chi connectivity index (χ1v) is 6.59. The maximum atomic E-state index is 12.0. The van der Waals surface area contributed by atoms with Gasteiger partial charge in [-0.15, -0.1) is 0 Å². The van der Waals surface area contributed by atoms with Gasteiger partial charge in [0.25, 0.3) is 0 Å². The van der Waals surface area contributed by atoms with Gasteiger partial charge >= 0.3 is 0 Å². The Kier molecular flexibility index (Phi) is 4.31. The molecular formula is C14H21N3O.